The van der Waals surface area contributed by atoms with Crippen molar-refractivity contribution in [2.24, 2.45) is 0 Å². The fourth-order valence-corrected chi connectivity index (χ4v) is 2.12. The first-order valence-electron chi connectivity index (χ1n) is 10.1. The molecule has 186 valence electrons. The first-order chi connectivity index (χ1) is 16.3. The molecular weight excluding hydrogens is 452 g/mol. The first-order valence-corrected chi connectivity index (χ1v) is 10.1. The molecule has 1 aromatic carbocycles. The maximum atomic E-state index is 11.7. The number of aliphatic hydroxyl groups excluding tert-OH is 1. The fourth-order valence-electron chi connectivity index (χ4n) is 2.12. The number of benzene rings is 1. The number of carbonyl (C=O) groups excluding carboxylic acids is 4. The number of hydrogen-bond donors (Lipinski definition) is 3. The summed E-state index contributed by atoms with van der Waals surface area (Å²) in [5, 5.41) is 14.7. The van der Waals surface area contributed by atoms with E-state index in [1.807, 2.05) is 0 Å². The molecule has 12 heteroatoms. The Morgan fingerprint density at radius 3 is 2.06 bits per heavy atom. The lowest BCUT2D eigenvalue weighted by molar-refractivity contribution is -0.138. The van der Waals surface area contributed by atoms with Crippen LogP contribution in [0.1, 0.15) is 5.56 Å². The summed E-state index contributed by atoms with van der Waals surface area (Å²) in [6.07, 6.45) is -0.547. The summed E-state index contributed by atoms with van der Waals surface area (Å²) in [5.74, 6) is -0.786. The van der Waals surface area contributed by atoms with Gasteiger partial charge in [-0.2, -0.15) is 0 Å². The molecule has 0 heterocycles. The van der Waals surface area contributed by atoms with Crippen LogP contribution in [0.25, 0.3) is 0 Å². The van der Waals surface area contributed by atoms with Crippen molar-refractivity contribution in [3.05, 3.63) is 55.1 Å². The molecule has 0 radical (unpaired) electrons. The van der Waals surface area contributed by atoms with Gasteiger partial charge in [0.15, 0.2) is 0 Å². The van der Waals surface area contributed by atoms with Gasteiger partial charge in [0.05, 0.1) is 13.1 Å². The molecule has 0 aliphatic carbocycles. The average Bonchev–Trinajstić information content (AvgIpc) is 2.85. The molecule has 0 aliphatic heterocycles. The molecule has 2 amide bonds. The minimum Gasteiger partial charge on any atom is -0.491 e. The Morgan fingerprint density at radius 2 is 1.47 bits per heavy atom. The van der Waals surface area contributed by atoms with E-state index in [1.165, 1.54) is 0 Å². The van der Waals surface area contributed by atoms with Crippen LogP contribution in [0.5, 0.6) is 5.75 Å². The Bertz CT molecular complexity index is 843. The minimum atomic E-state index is -1.09. The van der Waals surface area contributed by atoms with Crippen LogP contribution in [0.15, 0.2) is 49.6 Å². The van der Waals surface area contributed by atoms with Gasteiger partial charge in [-0.1, -0.05) is 25.3 Å². The van der Waals surface area contributed by atoms with Crippen molar-refractivity contribution < 1.29 is 48.0 Å². The molecule has 1 atom stereocenters. The van der Waals surface area contributed by atoms with Gasteiger partial charge in [-0.15, -0.1) is 0 Å². The smallest absolute Gasteiger partial charge is 0.407 e. The minimum absolute atomic E-state index is 0.0118. The summed E-state index contributed by atoms with van der Waals surface area (Å²) in [6, 6.07) is 6.64. The van der Waals surface area contributed by atoms with E-state index in [0.29, 0.717) is 11.3 Å². The van der Waals surface area contributed by atoms with Crippen LogP contribution < -0.4 is 15.4 Å². The Labute approximate surface area is 196 Å². The standard InChI is InChI=1S/C22H28N2O10/c1-3-19(26)30-10-8-23-21(28)33-13-16-6-5-7-18(12-16)32-14-17(25)15-34-22(29)24-9-11-31-20(27)4-2/h3-7,12,17,25H,1-2,8-11,13-15H2,(H,23,28)(H,24,29). The zero-order valence-corrected chi connectivity index (χ0v) is 18.5. The topological polar surface area (TPSA) is 159 Å². The lowest BCUT2D eigenvalue weighted by Crippen LogP contribution is -2.32. The highest BCUT2D eigenvalue weighted by Gasteiger charge is 2.10. The van der Waals surface area contributed by atoms with Gasteiger partial charge in [-0.25, -0.2) is 19.2 Å². The van der Waals surface area contributed by atoms with Crippen LogP contribution >= 0.6 is 0 Å². The average molecular weight is 480 g/mol. The number of carbonyl (C=O) groups is 4. The van der Waals surface area contributed by atoms with Crippen LogP contribution in [0.2, 0.25) is 0 Å². The SMILES string of the molecule is C=CC(=O)OCCNC(=O)OCc1cccc(OCC(O)COC(=O)NCCOC(=O)C=C)c1. The van der Waals surface area contributed by atoms with Gasteiger partial charge < -0.3 is 39.4 Å². The van der Waals surface area contributed by atoms with Crippen molar-refractivity contribution in [1.82, 2.24) is 10.6 Å². The summed E-state index contributed by atoms with van der Waals surface area (Å²) in [5.41, 5.74) is 0.632. The number of ether oxygens (including phenoxy) is 5. The largest absolute Gasteiger partial charge is 0.491 e. The monoisotopic (exact) mass is 480 g/mol. The van der Waals surface area contributed by atoms with E-state index in [1.54, 1.807) is 24.3 Å². The Hall–Kier alpha value is -4.06. The van der Waals surface area contributed by atoms with Gasteiger partial charge in [0.25, 0.3) is 0 Å². The Morgan fingerprint density at radius 1 is 0.882 bits per heavy atom. The highest BCUT2D eigenvalue weighted by Crippen LogP contribution is 2.14. The lowest BCUT2D eigenvalue weighted by atomic mass is 10.2. The number of alkyl carbamates (subject to hydrolysis) is 2. The van der Waals surface area contributed by atoms with E-state index in [2.05, 4.69) is 28.5 Å². The second-order valence-corrected chi connectivity index (χ2v) is 6.38. The predicted molar refractivity (Wildman–Crippen MR) is 118 cm³/mol. The van der Waals surface area contributed by atoms with Gasteiger partial charge >= 0.3 is 24.1 Å². The molecule has 0 saturated carbocycles. The highest BCUT2D eigenvalue weighted by atomic mass is 16.6. The summed E-state index contributed by atoms with van der Waals surface area (Å²) in [7, 11) is 0. The van der Waals surface area contributed by atoms with E-state index in [-0.39, 0.29) is 46.1 Å². The summed E-state index contributed by atoms with van der Waals surface area (Å²) in [4.78, 5) is 44.9. The number of aliphatic hydroxyl groups is 1. The number of hydrogen-bond acceptors (Lipinski definition) is 10. The molecule has 0 bridgehead atoms. The van der Waals surface area contributed by atoms with Crippen LogP contribution in [-0.4, -0.2) is 74.9 Å². The second kappa shape index (κ2) is 16.6. The zero-order valence-electron chi connectivity index (χ0n) is 18.5. The third-order valence-electron chi connectivity index (χ3n) is 3.68. The van der Waals surface area contributed by atoms with Crippen LogP contribution in [-0.2, 0) is 35.1 Å². The van der Waals surface area contributed by atoms with Crippen LogP contribution in [0.3, 0.4) is 0 Å². The second-order valence-electron chi connectivity index (χ2n) is 6.38. The summed E-state index contributed by atoms with van der Waals surface area (Å²) >= 11 is 0. The number of rotatable bonds is 15. The number of amides is 2. The molecule has 0 saturated heterocycles. The van der Waals surface area contributed by atoms with Gasteiger partial charge in [0, 0.05) is 12.2 Å². The summed E-state index contributed by atoms with van der Waals surface area (Å²) in [6.45, 7) is 6.06. The third-order valence-corrected chi connectivity index (χ3v) is 3.68. The van der Waals surface area contributed by atoms with E-state index >= 15 is 0 Å². The van der Waals surface area contributed by atoms with Crippen molar-refractivity contribution in [2.45, 2.75) is 12.7 Å². The van der Waals surface area contributed by atoms with Gasteiger partial charge in [-0.3, -0.25) is 0 Å². The Balaban J connectivity index is 2.24. The third kappa shape index (κ3) is 13.4. The lowest BCUT2D eigenvalue weighted by Gasteiger charge is -2.14. The van der Waals surface area contributed by atoms with E-state index < -0.39 is 30.2 Å². The van der Waals surface area contributed by atoms with Gasteiger partial charge in [0.1, 0.15) is 44.9 Å². The molecule has 0 aliphatic rings. The van der Waals surface area contributed by atoms with Crippen LogP contribution in [0, 0.1) is 0 Å². The van der Waals surface area contributed by atoms with Gasteiger partial charge in [0.2, 0.25) is 0 Å². The first kappa shape index (κ1) is 28.0. The van der Waals surface area contributed by atoms with Crippen molar-refractivity contribution >= 4 is 24.1 Å². The molecule has 0 aromatic heterocycles. The normalized spacial score (nSPS) is 10.7. The fraction of sp³-hybridized carbons (Fsp3) is 0.364. The molecule has 34 heavy (non-hydrogen) atoms. The summed E-state index contributed by atoms with van der Waals surface area (Å²) < 4.78 is 24.7. The number of esters is 2. The van der Waals surface area contributed by atoms with Gasteiger partial charge in [-0.05, 0) is 17.7 Å². The predicted octanol–water partition coefficient (Wildman–Crippen LogP) is 0.837. The zero-order chi connectivity index (χ0) is 25.2. The van der Waals surface area contributed by atoms with E-state index in [0.717, 1.165) is 12.2 Å². The molecule has 0 spiro atoms. The molecule has 1 aromatic rings. The molecule has 3 N–H and O–H groups in total. The maximum absolute atomic E-state index is 11.7. The van der Waals surface area contributed by atoms with Crippen molar-refractivity contribution in [1.29, 1.82) is 0 Å². The number of nitrogens with one attached hydrogen (secondary N) is 2. The highest BCUT2D eigenvalue weighted by molar-refractivity contribution is 5.81. The molecule has 1 unspecified atom stereocenters. The maximum Gasteiger partial charge on any atom is 0.407 e. The van der Waals surface area contributed by atoms with E-state index in [9.17, 15) is 24.3 Å². The molecular formula is C22H28N2O10. The van der Waals surface area contributed by atoms with Crippen molar-refractivity contribution in [2.75, 3.05) is 39.5 Å². The van der Waals surface area contributed by atoms with Crippen molar-refractivity contribution in [3.63, 3.8) is 0 Å². The Kier molecular flexibility index (Phi) is 13.6. The molecule has 0 fully saturated rings. The van der Waals surface area contributed by atoms with Crippen LogP contribution in [0.4, 0.5) is 9.59 Å². The van der Waals surface area contributed by atoms with Crippen molar-refractivity contribution in [3.8, 4) is 5.75 Å². The quantitative estimate of drug-likeness (QED) is 0.142. The van der Waals surface area contributed by atoms with E-state index in [4.69, 9.17) is 18.9 Å². The molecule has 1 rings (SSSR count). The molecule has 12 nitrogen and oxygen atoms in total.